The summed E-state index contributed by atoms with van der Waals surface area (Å²) in [4.78, 5) is 0. The first-order chi connectivity index (χ1) is 7.15. The molecule has 1 rings (SSSR count). The van der Waals surface area contributed by atoms with Crippen molar-refractivity contribution in [3.05, 3.63) is 27.7 Å². The quantitative estimate of drug-likeness (QED) is 0.806. The maximum Gasteiger partial charge on any atom is 0.0431 e. The van der Waals surface area contributed by atoms with Gasteiger partial charge in [-0.2, -0.15) is 0 Å². The van der Waals surface area contributed by atoms with Crippen LogP contribution in [0.15, 0.2) is 16.6 Å². The molecule has 1 aromatic rings. The van der Waals surface area contributed by atoms with Crippen LogP contribution < -0.4 is 5.32 Å². The van der Waals surface area contributed by atoms with Crippen molar-refractivity contribution in [1.82, 2.24) is 0 Å². The van der Waals surface area contributed by atoms with Gasteiger partial charge < -0.3 is 10.4 Å². The van der Waals surface area contributed by atoms with Gasteiger partial charge in [0.25, 0.3) is 0 Å². The fourth-order valence-electron chi connectivity index (χ4n) is 1.52. The van der Waals surface area contributed by atoms with E-state index in [0.29, 0.717) is 0 Å². The first-order valence-corrected chi connectivity index (χ1v) is 6.06. The molecular weight excluding hydrogens is 254 g/mol. The predicted octanol–water partition coefficient (Wildman–Crippen LogP) is 3.25. The van der Waals surface area contributed by atoms with Crippen LogP contribution in [0.2, 0.25) is 0 Å². The van der Waals surface area contributed by atoms with Gasteiger partial charge in [-0.05, 0) is 49.9 Å². The van der Waals surface area contributed by atoms with Gasteiger partial charge in [-0.1, -0.05) is 15.9 Å². The number of nitrogens with one attached hydrogen (secondary N) is 1. The summed E-state index contributed by atoms with van der Waals surface area (Å²) in [6, 6.07) is 4.27. The van der Waals surface area contributed by atoms with Gasteiger partial charge >= 0.3 is 0 Å². The molecule has 0 bridgehead atoms. The maximum absolute atomic E-state index is 8.65. The van der Waals surface area contributed by atoms with E-state index in [1.807, 2.05) is 0 Å². The summed E-state index contributed by atoms with van der Waals surface area (Å²) in [6.45, 7) is 5.38. The first kappa shape index (κ1) is 12.5. The second-order valence-electron chi connectivity index (χ2n) is 3.78. The number of halogens is 1. The lowest BCUT2D eigenvalue weighted by atomic mass is 10.1. The Labute approximate surface area is 99.8 Å². The molecule has 0 spiro atoms. The van der Waals surface area contributed by atoms with E-state index in [9.17, 15) is 0 Å². The van der Waals surface area contributed by atoms with E-state index >= 15 is 0 Å². The lowest BCUT2D eigenvalue weighted by Crippen LogP contribution is -2.03. The van der Waals surface area contributed by atoms with E-state index in [4.69, 9.17) is 5.11 Å². The minimum absolute atomic E-state index is 0.278. The third-order valence-corrected chi connectivity index (χ3v) is 3.60. The summed E-state index contributed by atoms with van der Waals surface area (Å²) < 4.78 is 1.18. The number of aliphatic hydroxyl groups excluding tert-OH is 1. The number of aliphatic hydroxyl groups is 1. The van der Waals surface area contributed by atoms with Crippen molar-refractivity contribution in [2.24, 2.45) is 0 Å². The molecule has 0 unspecified atom stereocenters. The second-order valence-corrected chi connectivity index (χ2v) is 4.57. The van der Waals surface area contributed by atoms with Gasteiger partial charge in [-0.25, -0.2) is 0 Å². The molecule has 0 fully saturated rings. The van der Waals surface area contributed by atoms with Crippen LogP contribution in [-0.2, 0) is 0 Å². The summed E-state index contributed by atoms with van der Waals surface area (Å²) in [6.07, 6.45) is 1.87. The Balaban J connectivity index is 2.55. The van der Waals surface area contributed by atoms with Crippen molar-refractivity contribution in [3.63, 3.8) is 0 Å². The Morgan fingerprint density at radius 2 is 1.80 bits per heavy atom. The van der Waals surface area contributed by atoms with Gasteiger partial charge in [0.1, 0.15) is 0 Å². The fraction of sp³-hybridized carbons (Fsp3) is 0.500. The summed E-state index contributed by atoms with van der Waals surface area (Å²) in [5.74, 6) is 0. The zero-order valence-electron chi connectivity index (χ0n) is 9.31. The van der Waals surface area contributed by atoms with Crippen LogP contribution in [0.4, 0.5) is 5.69 Å². The molecule has 0 aliphatic rings. The highest BCUT2D eigenvalue weighted by atomic mass is 79.9. The van der Waals surface area contributed by atoms with Crippen molar-refractivity contribution < 1.29 is 5.11 Å². The van der Waals surface area contributed by atoms with E-state index in [-0.39, 0.29) is 6.61 Å². The third kappa shape index (κ3) is 3.84. The Bertz CT molecular complexity index is 302. The van der Waals surface area contributed by atoms with Crippen LogP contribution in [0.25, 0.3) is 0 Å². The molecular formula is C12H18BrNO. The minimum atomic E-state index is 0.278. The smallest absolute Gasteiger partial charge is 0.0431 e. The number of hydrogen-bond donors (Lipinski definition) is 2. The molecule has 0 heterocycles. The zero-order valence-corrected chi connectivity index (χ0v) is 10.9. The number of rotatable bonds is 5. The molecule has 84 valence electrons. The van der Waals surface area contributed by atoms with Gasteiger partial charge in [0.05, 0.1) is 0 Å². The Kier molecular flexibility index (Phi) is 5.12. The van der Waals surface area contributed by atoms with E-state index < -0.39 is 0 Å². The fourth-order valence-corrected chi connectivity index (χ4v) is 1.75. The lowest BCUT2D eigenvalue weighted by molar-refractivity contribution is 0.286. The van der Waals surface area contributed by atoms with Crippen LogP contribution in [0.5, 0.6) is 0 Å². The molecule has 0 atom stereocenters. The van der Waals surface area contributed by atoms with Gasteiger partial charge in [-0.15, -0.1) is 0 Å². The molecule has 2 nitrogen and oxygen atoms in total. The highest BCUT2D eigenvalue weighted by Crippen LogP contribution is 2.24. The summed E-state index contributed by atoms with van der Waals surface area (Å²) >= 11 is 3.55. The first-order valence-electron chi connectivity index (χ1n) is 5.26. The van der Waals surface area contributed by atoms with E-state index in [0.717, 1.165) is 25.1 Å². The van der Waals surface area contributed by atoms with Crippen LogP contribution in [0.3, 0.4) is 0 Å². The highest BCUT2D eigenvalue weighted by molar-refractivity contribution is 9.10. The lowest BCUT2D eigenvalue weighted by Gasteiger charge is -2.10. The Hall–Kier alpha value is -0.540. The van der Waals surface area contributed by atoms with Gasteiger partial charge in [0.2, 0.25) is 0 Å². The zero-order chi connectivity index (χ0) is 11.3. The molecule has 0 saturated carbocycles. The van der Waals surface area contributed by atoms with Crippen molar-refractivity contribution in [2.45, 2.75) is 26.7 Å². The number of anilines is 1. The minimum Gasteiger partial charge on any atom is -0.396 e. The number of aryl methyl sites for hydroxylation is 2. The molecule has 0 amide bonds. The predicted molar refractivity (Wildman–Crippen MR) is 68.4 cm³/mol. The average molecular weight is 272 g/mol. The van der Waals surface area contributed by atoms with Gasteiger partial charge in [0, 0.05) is 23.3 Å². The highest BCUT2D eigenvalue weighted by Gasteiger charge is 2.01. The normalized spacial score (nSPS) is 10.4. The number of hydrogen-bond acceptors (Lipinski definition) is 2. The molecule has 0 saturated heterocycles. The molecule has 0 aliphatic heterocycles. The SMILES string of the molecule is Cc1cc(NCCCCO)cc(C)c1Br. The molecule has 3 heteroatoms. The van der Waals surface area contributed by atoms with Gasteiger partial charge in [0.15, 0.2) is 0 Å². The van der Waals surface area contributed by atoms with Crippen LogP contribution in [0, 0.1) is 13.8 Å². The van der Waals surface area contributed by atoms with Crippen molar-refractivity contribution in [2.75, 3.05) is 18.5 Å². The van der Waals surface area contributed by atoms with E-state index in [2.05, 4.69) is 47.2 Å². The largest absolute Gasteiger partial charge is 0.396 e. The Morgan fingerprint density at radius 3 is 2.33 bits per heavy atom. The standard InChI is InChI=1S/C12H18BrNO/c1-9-7-11(8-10(2)12(9)13)14-5-3-4-6-15/h7-8,14-15H,3-6H2,1-2H3. The summed E-state index contributed by atoms with van der Waals surface area (Å²) in [5.41, 5.74) is 3.66. The van der Waals surface area contributed by atoms with Crippen molar-refractivity contribution in [3.8, 4) is 0 Å². The van der Waals surface area contributed by atoms with E-state index in [1.54, 1.807) is 0 Å². The van der Waals surface area contributed by atoms with Crippen LogP contribution >= 0.6 is 15.9 Å². The summed E-state index contributed by atoms with van der Waals surface area (Å²) in [7, 11) is 0. The second kappa shape index (κ2) is 6.13. The van der Waals surface area contributed by atoms with Crippen LogP contribution in [-0.4, -0.2) is 18.3 Å². The van der Waals surface area contributed by atoms with Crippen molar-refractivity contribution >= 4 is 21.6 Å². The summed E-state index contributed by atoms with van der Waals surface area (Å²) in [5, 5.41) is 12.0. The molecule has 0 radical (unpaired) electrons. The molecule has 2 N–H and O–H groups in total. The topological polar surface area (TPSA) is 32.3 Å². The number of benzene rings is 1. The van der Waals surface area contributed by atoms with Crippen LogP contribution in [0.1, 0.15) is 24.0 Å². The molecule has 15 heavy (non-hydrogen) atoms. The average Bonchev–Trinajstić information content (AvgIpc) is 2.21. The monoisotopic (exact) mass is 271 g/mol. The number of unbranched alkanes of at least 4 members (excludes halogenated alkanes) is 1. The Morgan fingerprint density at radius 1 is 1.20 bits per heavy atom. The van der Waals surface area contributed by atoms with Gasteiger partial charge in [-0.3, -0.25) is 0 Å². The molecule has 0 aromatic heterocycles. The maximum atomic E-state index is 8.65. The van der Waals surface area contributed by atoms with Crippen molar-refractivity contribution in [1.29, 1.82) is 0 Å². The molecule has 1 aromatic carbocycles. The molecule has 0 aliphatic carbocycles. The third-order valence-electron chi connectivity index (χ3n) is 2.35. The van der Waals surface area contributed by atoms with E-state index in [1.165, 1.54) is 15.6 Å².